The van der Waals surface area contributed by atoms with Crippen molar-refractivity contribution in [3.05, 3.63) is 94.6 Å². The maximum atomic E-state index is 5.46. The predicted octanol–water partition coefficient (Wildman–Crippen LogP) is 8.59. The molecule has 0 saturated heterocycles. The van der Waals surface area contributed by atoms with E-state index in [-0.39, 0.29) is 0 Å². The average Bonchev–Trinajstić information content (AvgIpc) is 3.29. The number of methoxy groups -OCH3 is 1. The monoisotopic (exact) mass is 559 g/mol. The Morgan fingerprint density at radius 3 is 2.14 bits per heavy atom. The average molecular weight is 561 g/mol. The summed E-state index contributed by atoms with van der Waals surface area (Å²) in [6, 6.07) is 27.7. The molecule has 37 heavy (non-hydrogen) atoms. The maximum Gasteiger partial charge on any atom is 0.140 e. The third-order valence-corrected chi connectivity index (χ3v) is 7.33. The zero-order valence-corrected chi connectivity index (χ0v) is 23.9. The van der Waals surface area contributed by atoms with E-state index in [0.29, 0.717) is 0 Å². The molecule has 0 aliphatic heterocycles. The smallest absolute Gasteiger partial charge is 0.140 e. The van der Waals surface area contributed by atoms with Gasteiger partial charge >= 0.3 is 0 Å². The second-order valence-corrected chi connectivity index (χ2v) is 10.4. The molecular weight excluding hydrogens is 522 g/mol. The van der Waals surface area contributed by atoms with Crippen LogP contribution >= 0.6 is 15.9 Å². The van der Waals surface area contributed by atoms with Crippen LogP contribution in [-0.4, -0.2) is 28.1 Å². The van der Waals surface area contributed by atoms with Crippen molar-refractivity contribution in [1.29, 1.82) is 0 Å². The van der Waals surface area contributed by atoms with Crippen molar-refractivity contribution in [2.24, 2.45) is 0 Å². The first-order valence-electron chi connectivity index (χ1n) is 13.4. The Labute approximate surface area is 230 Å². The van der Waals surface area contributed by atoms with Gasteiger partial charge in [0.15, 0.2) is 0 Å². The predicted molar refractivity (Wildman–Crippen MR) is 158 cm³/mol. The standard InChI is InChI=1S/C32H38BrN3O/c1-4-6-20-35(23-25-18-19-30(37-3)28(33)22-25)24-29-31(26-14-10-8-11-15-26)34-32(36(29)21-7-5-2)27-16-12-9-13-17-27/h8-19,22H,4-7,20-21,23-24H2,1-3H3. The molecule has 4 rings (SSSR count). The van der Waals surface area contributed by atoms with Gasteiger partial charge in [-0.05, 0) is 53.0 Å². The number of rotatable bonds is 13. The Morgan fingerprint density at radius 1 is 0.838 bits per heavy atom. The summed E-state index contributed by atoms with van der Waals surface area (Å²) in [5, 5.41) is 0. The molecule has 0 aliphatic rings. The van der Waals surface area contributed by atoms with Crippen molar-refractivity contribution in [1.82, 2.24) is 14.5 Å². The first-order chi connectivity index (χ1) is 18.1. The van der Waals surface area contributed by atoms with E-state index >= 15 is 0 Å². The van der Waals surface area contributed by atoms with Gasteiger partial charge in [-0.15, -0.1) is 0 Å². The molecule has 0 radical (unpaired) electrons. The molecule has 1 aromatic heterocycles. The molecule has 0 spiro atoms. The molecule has 4 nitrogen and oxygen atoms in total. The van der Waals surface area contributed by atoms with Crippen LogP contribution in [-0.2, 0) is 19.6 Å². The first-order valence-corrected chi connectivity index (χ1v) is 14.2. The lowest BCUT2D eigenvalue weighted by Crippen LogP contribution is -2.26. The van der Waals surface area contributed by atoms with E-state index in [2.05, 4.69) is 112 Å². The van der Waals surface area contributed by atoms with Gasteiger partial charge in [-0.1, -0.05) is 93.4 Å². The number of aromatic nitrogens is 2. The molecule has 0 amide bonds. The van der Waals surface area contributed by atoms with Crippen LogP contribution in [0.4, 0.5) is 0 Å². The Balaban J connectivity index is 1.78. The lowest BCUT2D eigenvalue weighted by atomic mass is 10.1. The van der Waals surface area contributed by atoms with E-state index in [1.807, 2.05) is 6.07 Å². The minimum absolute atomic E-state index is 0.845. The molecule has 0 unspecified atom stereocenters. The fourth-order valence-electron chi connectivity index (χ4n) is 4.71. The highest BCUT2D eigenvalue weighted by molar-refractivity contribution is 9.10. The second kappa shape index (κ2) is 13.6. The summed E-state index contributed by atoms with van der Waals surface area (Å²) in [5.41, 5.74) is 6.00. The SMILES string of the molecule is CCCCN(Cc1ccc(OC)c(Br)c1)Cc1c(-c2ccccc2)nc(-c2ccccc2)n1CCCC. The molecule has 0 aliphatic carbocycles. The van der Waals surface area contributed by atoms with Crippen LogP contribution < -0.4 is 4.74 Å². The third kappa shape index (κ3) is 6.91. The summed E-state index contributed by atoms with van der Waals surface area (Å²) in [6.07, 6.45) is 4.59. The summed E-state index contributed by atoms with van der Waals surface area (Å²) in [7, 11) is 1.71. The van der Waals surface area contributed by atoms with Crippen LogP contribution in [0, 0.1) is 0 Å². The van der Waals surface area contributed by atoms with E-state index in [1.54, 1.807) is 7.11 Å². The van der Waals surface area contributed by atoms with Crippen LogP contribution in [0.2, 0.25) is 0 Å². The van der Waals surface area contributed by atoms with Crippen molar-refractivity contribution in [3.8, 4) is 28.4 Å². The highest BCUT2D eigenvalue weighted by Gasteiger charge is 2.22. The summed E-state index contributed by atoms with van der Waals surface area (Å²) in [4.78, 5) is 7.86. The molecule has 0 bridgehead atoms. The Morgan fingerprint density at radius 2 is 1.51 bits per heavy atom. The van der Waals surface area contributed by atoms with Crippen LogP contribution in [0.3, 0.4) is 0 Å². The molecule has 0 N–H and O–H groups in total. The molecular formula is C32H38BrN3O. The molecule has 194 valence electrons. The zero-order valence-electron chi connectivity index (χ0n) is 22.3. The molecule has 0 saturated carbocycles. The fourth-order valence-corrected chi connectivity index (χ4v) is 5.30. The van der Waals surface area contributed by atoms with Crippen molar-refractivity contribution >= 4 is 15.9 Å². The second-order valence-electron chi connectivity index (χ2n) is 9.50. The van der Waals surface area contributed by atoms with E-state index in [4.69, 9.17) is 9.72 Å². The fraction of sp³-hybridized carbons (Fsp3) is 0.344. The van der Waals surface area contributed by atoms with Crippen LogP contribution in [0.15, 0.2) is 83.3 Å². The first kappa shape index (κ1) is 27.2. The lowest BCUT2D eigenvalue weighted by Gasteiger charge is -2.24. The summed E-state index contributed by atoms with van der Waals surface area (Å²) in [6.45, 7) is 8.23. The highest BCUT2D eigenvalue weighted by Crippen LogP contribution is 2.32. The van der Waals surface area contributed by atoms with E-state index in [1.165, 1.54) is 28.8 Å². The summed E-state index contributed by atoms with van der Waals surface area (Å²) >= 11 is 3.67. The van der Waals surface area contributed by atoms with Gasteiger partial charge in [0, 0.05) is 30.8 Å². The minimum Gasteiger partial charge on any atom is -0.496 e. The van der Waals surface area contributed by atoms with Crippen molar-refractivity contribution < 1.29 is 4.74 Å². The normalized spacial score (nSPS) is 11.3. The highest BCUT2D eigenvalue weighted by atomic mass is 79.9. The van der Waals surface area contributed by atoms with Gasteiger partial charge in [-0.2, -0.15) is 0 Å². The molecule has 3 aromatic carbocycles. The van der Waals surface area contributed by atoms with Gasteiger partial charge in [0.1, 0.15) is 11.6 Å². The number of hydrogen-bond donors (Lipinski definition) is 0. The molecule has 5 heteroatoms. The van der Waals surface area contributed by atoms with E-state index in [9.17, 15) is 0 Å². The lowest BCUT2D eigenvalue weighted by molar-refractivity contribution is 0.246. The number of hydrogen-bond acceptors (Lipinski definition) is 3. The molecule has 0 atom stereocenters. The van der Waals surface area contributed by atoms with Gasteiger partial charge in [-0.25, -0.2) is 4.98 Å². The number of benzene rings is 3. The number of ether oxygens (including phenoxy) is 1. The van der Waals surface area contributed by atoms with Gasteiger partial charge in [-0.3, -0.25) is 4.90 Å². The largest absolute Gasteiger partial charge is 0.496 e. The zero-order chi connectivity index (χ0) is 26.0. The Kier molecular flexibility index (Phi) is 9.98. The van der Waals surface area contributed by atoms with Crippen LogP contribution in [0.5, 0.6) is 5.75 Å². The number of unbranched alkanes of at least 4 members (excludes halogenated alkanes) is 2. The van der Waals surface area contributed by atoms with Crippen molar-refractivity contribution in [2.75, 3.05) is 13.7 Å². The Bertz CT molecular complexity index is 1250. The van der Waals surface area contributed by atoms with Crippen molar-refractivity contribution in [3.63, 3.8) is 0 Å². The van der Waals surface area contributed by atoms with E-state index < -0.39 is 0 Å². The van der Waals surface area contributed by atoms with Gasteiger partial charge in [0.2, 0.25) is 0 Å². The molecule has 0 fully saturated rings. The third-order valence-electron chi connectivity index (χ3n) is 6.71. The summed E-state index contributed by atoms with van der Waals surface area (Å²) in [5.74, 6) is 1.92. The summed E-state index contributed by atoms with van der Waals surface area (Å²) < 4.78 is 8.93. The van der Waals surface area contributed by atoms with E-state index in [0.717, 1.165) is 67.2 Å². The molecule has 1 heterocycles. The van der Waals surface area contributed by atoms with Gasteiger partial charge in [0.25, 0.3) is 0 Å². The molecule has 4 aromatic rings. The number of nitrogens with zero attached hydrogens (tertiary/aromatic N) is 3. The van der Waals surface area contributed by atoms with Crippen molar-refractivity contribution in [2.45, 2.75) is 59.2 Å². The maximum absolute atomic E-state index is 5.46. The quantitative estimate of drug-likeness (QED) is 0.164. The number of halogens is 1. The topological polar surface area (TPSA) is 30.3 Å². The van der Waals surface area contributed by atoms with Crippen LogP contribution in [0.1, 0.15) is 50.8 Å². The Hall–Kier alpha value is -2.89. The van der Waals surface area contributed by atoms with Gasteiger partial charge in [0.05, 0.1) is 23.0 Å². The van der Waals surface area contributed by atoms with Gasteiger partial charge < -0.3 is 9.30 Å². The number of imidazole rings is 1. The van der Waals surface area contributed by atoms with Crippen LogP contribution in [0.25, 0.3) is 22.6 Å². The minimum atomic E-state index is 0.845.